The predicted octanol–water partition coefficient (Wildman–Crippen LogP) is 1.73. The topological polar surface area (TPSA) is 82.3 Å². The van der Waals surface area contributed by atoms with Crippen molar-refractivity contribution in [1.29, 1.82) is 5.26 Å². The highest BCUT2D eigenvalue weighted by molar-refractivity contribution is 5.68. The molecule has 0 saturated carbocycles. The Kier molecular flexibility index (Phi) is 6.99. The molecule has 2 N–H and O–H groups in total. The van der Waals surface area contributed by atoms with Gasteiger partial charge in [-0.25, -0.2) is 4.79 Å². The molecule has 0 rings (SSSR count). The zero-order valence-electron chi connectivity index (χ0n) is 10.6. The van der Waals surface area contributed by atoms with Crippen LogP contribution in [0.5, 0.6) is 0 Å². The molecule has 17 heavy (non-hydrogen) atoms. The Morgan fingerprint density at radius 2 is 2.24 bits per heavy atom. The first kappa shape index (κ1) is 15.5. The summed E-state index contributed by atoms with van der Waals surface area (Å²) in [6.07, 6.45) is 3.71. The van der Waals surface area contributed by atoms with Gasteiger partial charge in [0.25, 0.3) is 0 Å². The van der Waals surface area contributed by atoms with Gasteiger partial charge in [-0.2, -0.15) is 5.26 Å². The molecule has 5 heteroatoms. The van der Waals surface area contributed by atoms with Crippen molar-refractivity contribution in [3.63, 3.8) is 0 Å². The number of alkyl carbamates (subject to hydrolysis) is 1. The maximum absolute atomic E-state index is 11.4. The summed E-state index contributed by atoms with van der Waals surface area (Å²) in [5.41, 5.74) is -0.551. The number of carbonyl (C=O) groups excluding carboxylic acids is 1. The van der Waals surface area contributed by atoms with E-state index in [0.29, 0.717) is 12.8 Å². The van der Waals surface area contributed by atoms with Crippen molar-refractivity contribution in [3.8, 4) is 6.07 Å². The summed E-state index contributed by atoms with van der Waals surface area (Å²) in [7, 11) is 0. The number of aliphatic hydroxyl groups is 1. The molecular formula is C12H20N2O3. The molecule has 1 amide bonds. The number of hydrogen-bond donors (Lipinski definition) is 2. The Hall–Kier alpha value is -1.54. The number of nitriles is 1. The Labute approximate surface area is 102 Å². The van der Waals surface area contributed by atoms with Gasteiger partial charge in [0.05, 0.1) is 18.7 Å². The second kappa shape index (κ2) is 7.69. The van der Waals surface area contributed by atoms with Crippen LogP contribution in [0.1, 0.15) is 33.6 Å². The first-order valence-corrected chi connectivity index (χ1v) is 5.54. The van der Waals surface area contributed by atoms with E-state index >= 15 is 0 Å². The number of hydrogen-bond acceptors (Lipinski definition) is 4. The summed E-state index contributed by atoms with van der Waals surface area (Å²) in [6.45, 7) is 5.17. The molecule has 0 aromatic heterocycles. The van der Waals surface area contributed by atoms with E-state index in [0.717, 1.165) is 0 Å². The molecule has 0 aromatic carbocycles. The number of rotatable bonds is 5. The monoisotopic (exact) mass is 240 g/mol. The van der Waals surface area contributed by atoms with Gasteiger partial charge >= 0.3 is 6.09 Å². The van der Waals surface area contributed by atoms with E-state index in [1.54, 1.807) is 26.8 Å². The van der Waals surface area contributed by atoms with Crippen molar-refractivity contribution < 1.29 is 14.6 Å². The van der Waals surface area contributed by atoms with E-state index in [-0.39, 0.29) is 12.6 Å². The zero-order valence-corrected chi connectivity index (χ0v) is 10.6. The fourth-order valence-corrected chi connectivity index (χ4v) is 1.12. The summed E-state index contributed by atoms with van der Waals surface area (Å²) in [6, 6.07) is 1.52. The van der Waals surface area contributed by atoms with Crippen LogP contribution in [-0.4, -0.2) is 29.4 Å². The van der Waals surface area contributed by atoms with Crippen LogP contribution in [0, 0.1) is 11.3 Å². The highest BCUT2D eigenvalue weighted by Crippen LogP contribution is 2.07. The van der Waals surface area contributed by atoms with Crippen LogP contribution in [-0.2, 0) is 4.74 Å². The lowest BCUT2D eigenvalue weighted by Gasteiger charge is -2.22. The van der Waals surface area contributed by atoms with Gasteiger partial charge < -0.3 is 15.2 Å². The highest BCUT2D eigenvalue weighted by Gasteiger charge is 2.18. The lowest BCUT2D eigenvalue weighted by atomic mass is 10.1. The largest absolute Gasteiger partial charge is 0.444 e. The number of allylic oxidation sites excluding steroid dienone is 2. The average molecular weight is 240 g/mol. The number of aliphatic hydroxyl groups excluding tert-OH is 1. The van der Waals surface area contributed by atoms with Crippen molar-refractivity contribution in [2.45, 2.75) is 45.3 Å². The summed E-state index contributed by atoms with van der Waals surface area (Å²) >= 11 is 0. The second-order valence-corrected chi connectivity index (χ2v) is 4.63. The maximum Gasteiger partial charge on any atom is 0.407 e. The molecule has 5 nitrogen and oxygen atoms in total. The molecular weight excluding hydrogens is 220 g/mol. The van der Waals surface area contributed by atoms with E-state index in [9.17, 15) is 4.79 Å². The number of nitrogens with one attached hydrogen (secondary N) is 1. The summed E-state index contributed by atoms with van der Waals surface area (Å²) < 4.78 is 5.07. The molecule has 0 fully saturated rings. The molecule has 0 radical (unpaired) electrons. The molecule has 0 aliphatic carbocycles. The third-order valence-electron chi connectivity index (χ3n) is 1.82. The lowest BCUT2D eigenvalue weighted by Crippen LogP contribution is -2.40. The molecule has 0 heterocycles. The molecule has 0 unspecified atom stereocenters. The van der Waals surface area contributed by atoms with Gasteiger partial charge in [0, 0.05) is 6.08 Å². The van der Waals surface area contributed by atoms with Crippen molar-refractivity contribution in [2.24, 2.45) is 0 Å². The van der Waals surface area contributed by atoms with E-state index < -0.39 is 11.7 Å². The van der Waals surface area contributed by atoms with Crippen molar-refractivity contribution >= 4 is 6.09 Å². The van der Waals surface area contributed by atoms with Crippen LogP contribution >= 0.6 is 0 Å². The first-order chi connectivity index (χ1) is 7.89. The van der Waals surface area contributed by atoms with Crippen LogP contribution < -0.4 is 5.32 Å². The Balaban J connectivity index is 4.01. The van der Waals surface area contributed by atoms with Gasteiger partial charge in [-0.05, 0) is 33.6 Å². The van der Waals surface area contributed by atoms with E-state index in [2.05, 4.69) is 5.32 Å². The van der Waals surface area contributed by atoms with Crippen LogP contribution in [0.15, 0.2) is 12.2 Å². The molecule has 0 aromatic rings. The van der Waals surface area contributed by atoms with Crippen LogP contribution in [0.2, 0.25) is 0 Å². The summed E-state index contributed by atoms with van der Waals surface area (Å²) in [5.74, 6) is 0. The van der Waals surface area contributed by atoms with E-state index in [4.69, 9.17) is 15.1 Å². The summed E-state index contributed by atoms with van der Waals surface area (Å²) in [4.78, 5) is 11.4. The fourth-order valence-electron chi connectivity index (χ4n) is 1.12. The van der Waals surface area contributed by atoms with Gasteiger partial charge in [0.1, 0.15) is 5.60 Å². The van der Waals surface area contributed by atoms with Gasteiger partial charge in [-0.3, -0.25) is 0 Å². The quantitative estimate of drug-likeness (QED) is 0.717. The Bertz CT molecular complexity index is 300. The SMILES string of the molecule is CC(C)(C)OC(=O)N[C@H](CO)CC/C=C/C#N. The molecule has 96 valence electrons. The maximum atomic E-state index is 11.4. The van der Waals surface area contributed by atoms with Crippen LogP contribution in [0.4, 0.5) is 4.79 Å². The molecule has 1 atom stereocenters. The van der Waals surface area contributed by atoms with Crippen molar-refractivity contribution in [1.82, 2.24) is 5.32 Å². The molecule has 0 saturated heterocycles. The van der Waals surface area contributed by atoms with Gasteiger partial charge in [0.2, 0.25) is 0 Å². The minimum absolute atomic E-state index is 0.153. The van der Waals surface area contributed by atoms with E-state index in [1.165, 1.54) is 6.08 Å². The van der Waals surface area contributed by atoms with Crippen LogP contribution in [0.25, 0.3) is 0 Å². The lowest BCUT2D eigenvalue weighted by molar-refractivity contribution is 0.0479. The van der Waals surface area contributed by atoms with Gasteiger partial charge in [-0.1, -0.05) is 6.08 Å². The number of amides is 1. The summed E-state index contributed by atoms with van der Waals surface area (Å²) in [5, 5.41) is 19.9. The second-order valence-electron chi connectivity index (χ2n) is 4.63. The predicted molar refractivity (Wildman–Crippen MR) is 64.2 cm³/mol. The number of carbonyl (C=O) groups is 1. The minimum atomic E-state index is -0.551. The number of ether oxygens (including phenoxy) is 1. The molecule has 0 bridgehead atoms. The molecule has 0 aliphatic rings. The third-order valence-corrected chi connectivity index (χ3v) is 1.82. The standard InChI is InChI=1S/C12H20N2O3/c1-12(2,3)17-11(16)14-10(9-15)7-5-4-6-8-13/h4,6,10,15H,5,7,9H2,1-3H3,(H,14,16)/b6-4+/t10-/m0/s1. The number of nitrogens with zero attached hydrogens (tertiary/aromatic N) is 1. The highest BCUT2D eigenvalue weighted by atomic mass is 16.6. The normalized spacial score (nSPS) is 13.1. The Morgan fingerprint density at radius 3 is 2.71 bits per heavy atom. The van der Waals surface area contributed by atoms with Crippen LogP contribution in [0.3, 0.4) is 0 Å². The van der Waals surface area contributed by atoms with Gasteiger partial charge in [-0.15, -0.1) is 0 Å². The van der Waals surface area contributed by atoms with Gasteiger partial charge in [0.15, 0.2) is 0 Å². The minimum Gasteiger partial charge on any atom is -0.444 e. The average Bonchev–Trinajstić information content (AvgIpc) is 2.20. The molecule has 0 spiro atoms. The van der Waals surface area contributed by atoms with Crippen molar-refractivity contribution in [2.75, 3.05) is 6.61 Å². The van der Waals surface area contributed by atoms with E-state index in [1.807, 2.05) is 6.07 Å². The smallest absolute Gasteiger partial charge is 0.407 e. The third kappa shape index (κ3) is 9.39. The van der Waals surface area contributed by atoms with Crippen molar-refractivity contribution in [3.05, 3.63) is 12.2 Å². The first-order valence-electron chi connectivity index (χ1n) is 5.54. The Morgan fingerprint density at radius 1 is 1.59 bits per heavy atom. The fraction of sp³-hybridized carbons (Fsp3) is 0.667. The molecule has 0 aliphatic heterocycles. The zero-order chi connectivity index (χ0) is 13.3.